The standard InChI is InChI=1S/C30H24N2O/c1-3-32-27-12-8-7-11-23(27)30-28(32)18-17-25-29(30)24(20-13-15-22(33-2)16-14-20)19-26(31-25)21-9-5-4-6-10-21/h4-19H,3H2,1-2H3. The highest BCUT2D eigenvalue weighted by molar-refractivity contribution is 6.24. The fourth-order valence-corrected chi connectivity index (χ4v) is 4.96. The zero-order valence-electron chi connectivity index (χ0n) is 18.7. The summed E-state index contributed by atoms with van der Waals surface area (Å²) in [4.78, 5) is 5.12. The molecule has 33 heavy (non-hydrogen) atoms. The van der Waals surface area contributed by atoms with Crippen LogP contribution >= 0.6 is 0 Å². The summed E-state index contributed by atoms with van der Waals surface area (Å²) in [6.45, 7) is 3.13. The Balaban J connectivity index is 1.78. The van der Waals surface area contributed by atoms with Gasteiger partial charge in [-0.05, 0) is 54.4 Å². The van der Waals surface area contributed by atoms with Crippen LogP contribution < -0.4 is 4.74 Å². The molecule has 0 aliphatic heterocycles. The minimum Gasteiger partial charge on any atom is -0.497 e. The lowest BCUT2D eigenvalue weighted by Crippen LogP contribution is -1.94. The van der Waals surface area contributed by atoms with Crippen LogP contribution in [0.15, 0.2) is 97.1 Å². The van der Waals surface area contributed by atoms with E-state index in [4.69, 9.17) is 9.72 Å². The monoisotopic (exact) mass is 428 g/mol. The van der Waals surface area contributed by atoms with Gasteiger partial charge in [0, 0.05) is 39.3 Å². The predicted octanol–water partition coefficient (Wildman–Crippen LogP) is 7.71. The second kappa shape index (κ2) is 7.79. The molecule has 0 atom stereocenters. The Morgan fingerprint density at radius 3 is 2.24 bits per heavy atom. The maximum atomic E-state index is 5.42. The molecular formula is C30H24N2O. The van der Waals surface area contributed by atoms with Crippen molar-refractivity contribution in [2.45, 2.75) is 13.5 Å². The Bertz CT molecular complexity index is 1610. The van der Waals surface area contributed by atoms with Crippen molar-refractivity contribution in [3.8, 4) is 28.1 Å². The first-order chi connectivity index (χ1) is 16.3. The molecule has 0 saturated heterocycles. The van der Waals surface area contributed by atoms with Crippen molar-refractivity contribution in [3.63, 3.8) is 0 Å². The number of hydrogen-bond acceptors (Lipinski definition) is 2. The number of ether oxygens (including phenoxy) is 1. The maximum absolute atomic E-state index is 5.42. The van der Waals surface area contributed by atoms with Crippen molar-refractivity contribution < 1.29 is 4.74 Å². The van der Waals surface area contributed by atoms with Crippen molar-refractivity contribution in [3.05, 3.63) is 97.1 Å². The molecule has 2 heterocycles. The van der Waals surface area contributed by atoms with Gasteiger partial charge in [-0.2, -0.15) is 0 Å². The molecule has 0 fully saturated rings. The zero-order chi connectivity index (χ0) is 22.4. The summed E-state index contributed by atoms with van der Waals surface area (Å²) in [6.07, 6.45) is 0. The third kappa shape index (κ3) is 3.08. The average molecular weight is 429 g/mol. The first kappa shape index (κ1) is 19.6. The number of methoxy groups -OCH3 is 1. The topological polar surface area (TPSA) is 27.1 Å². The molecule has 3 nitrogen and oxygen atoms in total. The van der Waals surface area contributed by atoms with E-state index in [0.29, 0.717) is 0 Å². The summed E-state index contributed by atoms with van der Waals surface area (Å²) in [7, 11) is 1.70. The van der Waals surface area contributed by atoms with E-state index >= 15 is 0 Å². The Morgan fingerprint density at radius 2 is 1.48 bits per heavy atom. The molecule has 0 aliphatic rings. The molecule has 0 N–H and O–H groups in total. The lowest BCUT2D eigenvalue weighted by Gasteiger charge is -2.13. The van der Waals surface area contributed by atoms with Gasteiger partial charge in [0.05, 0.1) is 18.3 Å². The number of pyridine rings is 1. The Hall–Kier alpha value is -4.11. The Morgan fingerprint density at radius 1 is 0.727 bits per heavy atom. The van der Waals surface area contributed by atoms with Gasteiger partial charge in [0.15, 0.2) is 0 Å². The van der Waals surface area contributed by atoms with Crippen LogP contribution in [0.2, 0.25) is 0 Å². The van der Waals surface area contributed by atoms with Crippen LogP contribution in [0.1, 0.15) is 6.92 Å². The molecule has 0 aliphatic carbocycles. The minimum absolute atomic E-state index is 0.855. The maximum Gasteiger partial charge on any atom is 0.118 e. The molecule has 160 valence electrons. The summed E-state index contributed by atoms with van der Waals surface area (Å²) in [5, 5.41) is 3.73. The van der Waals surface area contributed by atoms with Crippen molar-refractivity contribution in [2.24, 2.45) is 0 Å². The van der Waals surface area contributed by atoms with Crippen molar-refractivity contribution in [1.82, 2.24) is 9.55 Å². The summed E-state index contributed by atoms with van der Waals surface area (Å²) >= 11 is 0. The van der Waals surface area contributed by atoms with Crippen molar-refractivity contribution in [1.29, 1.82) is 0 Å². The number of nitrogens with zero attached hydrogens (tertiary/aromatic N) is 2. The number of aryl methyl sites for hydroxylation is 1. The first-order valence-electron chi connectivity index (χ1n) is 11.3. The van der Waals surface area contributed by atoms with Crippen LogP contribution in [0.4, 0.5) is 0 Å². The molecular weight excluding hydrogens is 404 g/mol. The van der Waals surface area contributed by atoms with Gasteiger partial charge in [-0.25, -0.2) is 4.98 Å². The van der Waals surface area contributed by atoms with Gasteiger partial charge in [-0.3, -0.25) is 0 Å². The van der Waals surface area contributed by atoms with E-state index < -0.39 is 0 Å². The molecule has 0 radical (unpaired) electrons. The number of rotatable bonds is 4. The van der Waals surface area contributed by atoms with Gasteiger partial charge < -0.3 is 9.30 Å². The highest BCUT2D eigenvalue weighted by atomic mass is 16.5. The summed E-state index contributed by atoms with van der Waals surface area (Å²) in [5.41, 5.74) is 7.95. The number of benzene rings is 4. The van der Waals surface area contributed by atoms with E-state index in [-0.39, 0.29) is 0 Å². The summed E-state index contributed by atoms with van der Waals surface area (Å²) in [5.74, 6) is 0.855. The molecule has 4 aromatic carbocycles. The van der Waals surface area contributed by atoms with Gasteiger partial charge in [-0.15, -0.1) is 0 Å². The number of hydrogen-bond donors (Lipinski definition) is 0. The van der Waals surface area contributed by atoms with Crippen molar-refractivity contribution in [2.75, 3.05) is 7.11 Å². The highest BCUT2D eigenvalue weighted by Crippen LogP contribution is 2.41. The van der Waals surface area contributed by atoms with Crippen LogP contribution in [-0.2, 0) is 6.54 Å². The van der Waals surface area contributed by atoms with Crippen molar-refractivity contribution >= 4 is 32.7 Å². The average Bonchev–Trinajstić information content (AvgIpc) is 3.22. The molecule has 0 saturated carbocycles. The predicted molar refractivity (Wildman–Crippen MR) is 138 cm³/mol. The van der Waals surface area contributed by atoms with E-state index in [9.17, 15) is 0 Å². The fraction of sp³-hybridized carbons (Fsp3) is 0.100. The van der Waals surface area contributed by atoms with E-state index in [1.807, 2.05) is 18.2 Å². The van der Waals surface area contributed by atoms with Gasteiger partial charge >= 0.3 is 0 Å². The lowest BCUT2D eigenvalue weighted by atomic mass is 9.95. The molecule has 6 rings (SSSR count). The normalized spacial score (nSPS) is 11.5. The molecule has 0 unspecified atom stereocenters. The third-order valence-electron chi connectivity index (χ3n) is 6.49. The first-order valence-corrected chi connectivity index (χ1v) is 11.3. The SMILES string of the molecule is CCn1c2ccccc2c2c3c(-c4ccc(OC)cc4)cc(-c4ccccc4)nc3ccc21. The van der Waals surface area contributed by atoms with Crippen LogP contribution in [0.25, 0.3) is 55.1 Å². The molecule has 3 heteroatoms. The van der Waals surface area contributed by atoms with Gasteiger partial charge in [-0.1, -0.05) is 60.7 Å². The number of para-hydroxylation sites is 1. The van der Waals surface area contributed by atoms with Crippen LogP contribution in [-0.4, -0.2) is 16.7 Å². The molecule has 0 amide bonds. The van der Waals surface area contributed by atoms with E-state index in [1.165, 1.54) is 32.8 Å². The zero-order valence-corrected chi connectivity index (χ0v) is 18.7. The van der Waals surface area contributed by atoms with Gasteiger partial charge in [0.1, 0.15) is 5.75 Å². The number of aromatic nitrogens is 2. The van der Waals surface area contributed by atoms with Crippen LogP contribution in [0.3, 0.4) is 0 Å². The van der Waals surface area contributed by atoms with Crippen LogP contribution in [0.5, 0.6) is 5.75 Å². The molecule has 0 bridgehead atoms. The highest BCUT2D eigenvalue weighted by Gasteiger charge is 2.17. The second-order valence-electron chi connectivity index (χ2n) is 8.26. The molecule has 0 spiro atoms. The van der Waals surface area contributed by atoms with Gasteiger partial charge in [0.25, 0.3) is 0 Å². The lowest BCUT2D eigenvalue weighted by molar-refractivity contribution is 0.415. The third-order valence-corrected chi connectivity index (χ3v) is 6.49. The van der Waals surface area contributed by atoms with Crippen LogP contribution in [0, 0.1) is 0 Å². The minimum atomic E-state index is 0.855. The van der Waals surface area contributed by atoms with E-state index in [0.717, 1.165) is 34.6 Å². The Labute approximate surface area is 192 Å². The smallest absolute Gasteiger partial charge is 0.118 e. The fourth-order valence-electron chi connectivity index (χ4n) is 4.96. The molecule has 2 aromatic heterocycles. The van der Waals surface area contributed by atoms with E-state index in [2.05, 4.69) is 90.4 Å². The second-order valence-corrected chi connectivity index (χ2v) is 8.26. The summed E-state index contributed by atoms with van der Waals surface area (Å²) < 4.78 is 7.81. The van der Waals surface area contributed by atoms with E-state index in [1.54, 1.807) is 7.11 Å². The number of fused-ring (bicyclic) bond motifs is 5. The quantitative estimate of drug-likeness (QED) is 0.288. The summed E-state index contributed by atoms with van der Waals surface area (Å²) in [6, 6.07) is 34.0. The largest absolute Gasteiger partial charge is 0.497 e. The Kier molecular flexibility index (Phi) is 4.62. The van der Waals surface area contributed by atoms with Gasteiger partial charge in [0.2, 0.25) is 0 Å². The molecule has 6 aromatic rings.